The van der Waals surface area contributed by atoms with Gasteiger partial charge < -0.3 is 24.1 Å². The van der Waals surface area contributed by atoms with Gasteiger partial charge in [0.25, 0.3) is 10.1 Å². The minimum Gasteiger partial charge on any atom is -0.459 e. The van der Waals surface area contributed by atoms with Gasteiger partial charge in [-0.3, -0.25) is 4.18 Å². The third-order valence-electron chi connectivity index (χ3n) is 7.05. The molecular weight excluding hydrogens is 616 g/mol. The molecule has 0 aliphatic carbocycles. The zero-order valence-electron chi connectivity index (χ0n) is 24.5. The van der Waals surface area contributed by atoms with Gasteiger partial charge in [-0.25, -0.2) is 14.4 Å². The van der Waals surface area contributed by atoms with Gasteiger partial charge in [0.2, 0.25) is 0 Å². The summed E-state index contributed by atoms with van der Waals surface area (Å²) in [6.07, 6.45) is -8.75. The van der Waals surface area contributed by atoms with Crippen LogP contribution in [0.5, 0.6) is 0 Å². The minimum absolute atomic E-state index is 0.0869. The Hall–Kier alpha value is -4.88. The molecule has 0 amide bonds. The summed E-state index contributed by atoms with van der Waals surface area (Å²) < 4.78 is 55.2. The summed E-state index contributed by atoms with van der Waals surface area (Å²) in [7, 11) is -4.59. The number of esters is 3. The zero-order valence-corrected chi connectivity index (χ0v) is 25.3. The first-order valence-corrected chi connectivity index (χ1v) is 15.6. The molecular formula is C34H30O11S. The molecule has 1 saturated heterocycles. The van der Waals surface area contributed by atoms with Crippen LogP contribution in [0, 0.1) is 6.92 Å². The van der Waals surface area contributed by atoms with Crippen LogP contribution in [0.15, 0.2) is 120 Å². The molecule has 0 unspecified atom stereocenters. The predicted molar refractivity (Wildman–Crippen MR) is 162 cm³/mol. The lowest BCUT2D eigenvalue weighted by Crippen LogP contribution is -2.62. The monoisotopic (exact) mass is 646 g/mol. The van der Waals surface area contributed by atoms with Crippen LogP contribution >= 0.6 is 0 Å². The first-order chi connectivity index (χ1) is 22.1. The second-order valence-electron chi connectivity index (χ2n) is 10.3. The first kappa shape index (κ1) is 32.5. The number of hydrogen-bond donors (Lipinski definition) is 1. The topological polar surface area (TPSA) is 152 Å². The molecule has 1 aliphatic rings. The molecule has 1 heterocycles. The summed E-state index contributed by atoms with van der Waals surface area (Å²) in [6.45, 7) is 1.15. The fourth-order valence-corrected chi connectivity index (χ4v) is 5.77. The van der Waals surface area contributed by atoms with E-state index in [9.17, 15) is 27.9 Å². The number of aryl methyl sites for hydroxylation is 1. The molecule has 1 N–H and O–H groups in total. The molecule has 1 fully saturated rings. The number of benzene rings is 4. The summed E-state index contributed by atoms with van der Waals surface area (Å²) in [5.41, 5.74) is 1.18. The lowest BCUT2D eigenvalue weighted by molar-refractivity contribution is -0.279. The molecule has 5 rings (SSSR count). The summed E-state index contributed by atoms with van der Waals surface area (Å²) in [5.74, 6) is -2.61. The second kappa shape index (κ2) is 14.5. The Morgan fingerprint density at radius 3 is 1.61 bits per heavy atom. The van der Waals surface area contributed by atoms with Gasteiger partial charge in [-0.15, -0.1) is 0 Å². The van der Waals surface area contributed by atoms with Crippen molar-refractivity contribution in [2.75, 3.05) is 6.61 Å². The van der Waals surface area contributed by atoms with Gasteiger partial charge in [0.05, 0.1) is 21.6 Å². The molecule has 0 spiro atoms. The van der Waals surface area contributed by atoms with Gasteiger partial charge in [0, 0.05) is 0 Å². The van der Waals surface area contributed by atoms with E-state index >= 15 is 0 Å². The fraction of sp³-hybridized carbons (Fsp3) is 0.206. The Kier molecular flexibility index (Phi) is 10.2. The van der Waals surface area contributed by atoms with Crippen LogP contribution in [0.25, 0.3) is 0 Å². The smallest absolute Gasteiger partial charge is 0.338 e. The van der Waals surface area contributed by atoms with Crippen molar-refractivity contribution in [3.63, 3.8) is 0 Å². The highest BCUT2D eigenvalue weighted by Gasteiger charge is 2.53. The molecule has 0 bridgehead atoms. The van der Waals surface area contributed by atoms with Crippen molar-refractivity contribution in [2.24, 2.45) is 0 Å². The first-order valence-electron chi connectivity index (χ1n) is 14.2. The Labute approximate surface area is 265 Å². The highest BCUT2D eigenvalue weighted by atomic mass is 32.2. The number of aliphatic hydroxyl groups excluding tert-OH is 1. The van der Waals surface area contributed by atoms with Crippen molar-refractivity contribution in [1.82, 2.24) is 0 Å². The fourth-order valence-electron chi connectivity index (χ4n) is 4.66. The van der Waals surface area contributed by atoms with Crippen molar-refractivity contribution < 1.29 is 51.0 Å². The van der Waals surface area contributed by atoms with E-state index in [1.165, 1.54) is 48.5 Å². The molecule has 4 aromatic rings. The Bertz CT molecular complexity index is 1750. The summed E-state index contributed by atoms with van der Waals surface area (Å²) in [5, 5.41) is 11.1. The van der Waals surface area contributed by atoms with Crippen molar-refractivity contribution in [1.29, 1.82) is 0 Å². The van der Waals surface area contributed by atoms with Gasteiger partial charge in [-0.05, 0) is 55.5 Å². The molecule has 4 aromatic carbocycles. The molecule has 0 aromatic heterocycles. The molecule has 5 atom stereocenters. The van der Waals surface area contributed by atoms with Crippen molar-refractivity contribution in [3.8, 4) is 0 Å². The predicted octanol–water partition coefficient (Wildman–Crippen LogP) is 4.09. The van der Waals surface area contributed by atoms with Crippen LogP contribution in [-0.4, -0.2) is 68.7 Å². The number of hydrogen-bond acceptors (Lipinski definition) is 11. The maximum absolute atomic E-state index is 13.6. The van der Waals surface area contributed by atoms with Gasteiger partial charge in [0.1, 0.15) is 18.8 Å². The highest BCUT2D eigenvalue weighted by Crippen LogP contribution is 2.32. The number of rotatable bonds is 10. The van der Waals surface area contributed by atoms with Crippen LogP contribution < -0.4 is 0 Å². The van der Waals surface area contributed by atoms with E-state index in [1.54, 1.807) is 73.7 Å². The molecule has 46 heavy (non-hydrogen) atoms. The van der Waals surface area contributed by atoms with E-state index in [1.807, 2.05) is 0 Å². The quantitative estimate of drug-likeness (QED) is 0.151. The van der Waals surface area contributed by atoms with Crippen LogP contribution in [0.2, 0.25) is 0 Å². The van der Waals surface area contributed by atoms with E-state index < -0.39 is 65.3 Å². The number of carbonyl (C=O) groups excluding carboxylic acids is 3. The Morgan fingerprint density at radius 2 is 1.11 bits per heavy atom. The van der Waals surface area contributed by atoms with E-state index in [-0.39, 0.29) is 21.6 Å². The van der Waals surface area contributed by atoms with E-state index in [0.717, 1.165) is 5.56 Å². The summed E-state index contributed by atoms with van der Waals surface area (Å²) in [6, 6.07) is 29.3. The third kappa shape index (κ3) is 7.85. The highest BCUT2D eigenvalue weighted by molar-refractivity contribution is 7.86. The third-order valence-corrected chi connectivity index (χ3v) is 8.38. The van der Waals surface area contributed by atoms with E-state index in [4.69, 9.17) is 23.1 Å². The lowest BCUT2D eigenvalue weighted by Gasteiger charge is -2.42. The molecule has 0 saturated carbocycles. The average molecular weight is 647 g/mol. The maximum Gasteiger partial charge on any atom is 0.338 e. The standard InChI is InChI=1S/C34H30O11S/c1-22-17-19-26(20-18-22)46(39,40)45-28-27(21-41-31(35)23-11-5-2-6-12-23)42-34(38)30(44-33(37)25-15-9-4-10-16-25)29(28)43-32(36)24-13-7-3-8-14-24/h2-20,27-30,34,38H,21H2,1H3/t27-,28+,29+,30-,34-/m1/s1. The van der Waals surface area contributed by atoms with Gasteiger partial charge in [-0.1, -0.05) is 72.3 Å². The molecule has 11 nitrogen and oxygen atoms in total. The SMILES string of the molecule is Cc1ccc(S(=O)(=O)O[C@@H]2[C@H](OC(=O)c3ccccc3)[C@@H](OC(=O)c3ccccc3)[C@H](O)O[C@@H]2COC(=O)c2ccccc2)cc1. The van der Waals surface area contributed by atoms with Crippen molar-refractivity contribution >= 4 is 28.0 Å². The normalized spacial score (nSPS) is 21.1. The lowest BCUT2D eigenvalue weighted by atomic mass is 9.98. The van der Waals surface area contributed by atoms with Crippen LogP contribution in [0.4, 0.5) is 0 Å². The largest absolute Gasteiger partial charge is 0.459 e. The number of aliphatic hydroxyl groups is 1. The molecule has 238 valence electrons. The number of ether oxygens (including phenoxy) is 4. The average Bonchev–Trinajstić information content (AvgIpc) is 3.07. The van der Waals surface area contributed by atoms with E-state index in [2.05, 4.69) is 0 Å². The van der Waals surface area contributed by atoms with Gasteiger partial charge >= 0.3 is 17.9 Å². The zero-order chi connectivity index (χ0) is 32.7. The number of carbonyl (C=O) groups is 3. The molecule has 12 heteroatoms. The van der Waals surface area contributed by atoms with Crippen molar-refractivity contribution in [2.45, 2.75) is 42.5 Å². The van der Waals surface area contributed by atoms with E-state index in [0.29, 0.717) is 0 Å². The minimum atomic E-state index is -4.59. The summed E-state index contributed by atoms with van der Waals surface area (Å²) in [4.78, 5) is 39.0. The molecule has 0 radical (unpaired) electrons. The van der Waals surface area contributed by atoms with Crippen molar-refractivity contribution in [3.05, 3.63) is 138 Å². The second-order valence-corrected chi connectivity index (χ2v) is 11.9. The summed E-state index contributed by atoms with van der Waals surface area (Å²) >= 11 is 0. The van der Waals surface area contributed by atoms with Crippen LogP contribution in [0.3, 0.4) is 0 Å². The molecule has 1 aliphatic heterocycles. The van der Waals surface area contributed by atoms with Gasteiger partial charge in [0.15, 0.2) is 18.5 Å². The van der Waals surface area contributed by atoms with Crippen LogP contribution in [0.1, 0.15) is 36.6 Å². The maximum atomic E-state index is 13.6. The van der Waals surface area contributed by atoms with Crippen LogP contribution in [-0.2, 0) is 33.2 Å². The Morgan fingerprint density at radius 1 is 0.652 bits per heavy atom. The van der Waals surface area contributed by atoms with Gasteiger partial charge in [-0.2, -0.15) is 8.42 Å². The Balaban J connectivity index is 1.52.